The minimum atomic E-state index is -0.590. The highest BCUT2D eigenvalue weighted by molar-refractivity contribution is 7.81. The van der Waals surface area contributed by atoms with Crippen LogP contribution in [0.2, 0.25) is 0 Å². The number of ether oxygens (including phenoxy) is 2. The molecule has 2 heterocycles. The third-order valence-electron chi connectivity index (χ3n) is 4.32. The zero-order chi connectivity index (χ0) is 18.3. The molecule has 0 N–H and O–H groups in total. The normalized spacial score (nSPS) is 18.9. The van der Waals surface area contributed by atoms with Crippen molar-refractivity contribution in [3.63, 3.8) is 0 Å². The number of hydrogen-bond donors (Lipinski definition) is 1. The van der Waals surface area contributed by atoms with Crippen molar-refractivity contribution < 1.29 is 14.3 Å². The van der Waals surface area contributed by atoms with Gasteiger partial charge in [-0.25, -0.2) is 0 Å². The van der Waals surface area contributed by atoms with E-state index in [2.05, 4.69) is 12.6 Å². The lowest BCUT2D eigenvalue weighted by Crippen LogP contribution is -2.33. The first kappa shape index (κ1) is 17.3. The summed E-state index contributed by atoms with van der Waals surface area (Å²) < 4.78 is 13.3. The van der Waals surface area contributed by atoms with Gasteiger partial charge in [-0.1, -0.05) is 30.3 Å². The van der Waals surface area contributed by atoms with Gasteiger partial charge in [-0.3, -0.25) is 9.36 Å². The summed E-state index contributed by atoms with van der Waals surface area (Å²) in [5.41, 5.74) is 1.84. The smallest absolute Gasteiger partial charge is 0.326 e. The van der Waals surface area contributed by atoms with Gasteiger partial charge in [0.1, 0.15) is 11.0 Å². The molecule has 0 spiro atoms. The summed E-state index contributed by atoms with van der Waals surface area (Å²) in [6.07, 6.45) is 0. The molecular formula is C19H15NO3S3. The lowest BCUT2D eigenvalue weighted by atomic mass is 9.92. The number of esters is 1. The van der Waals surface area contributed by atoms with E-state index in [1.165, 1.54) is 11.3 Å². The molecule has 3 aromatic rings. The van der Waals surface area contributed by atoms with Gasteiger partial charge in [0.25, 0.3) is 0 Å². The minimum Gasteiger partial charge on any atom is -0.497 e. The summed E-state index contributed by atoms with van der Waals surface area (Å²) in [5.74, 6) is 0.649. The average molecular weight is 402 g/mol. The lowest BCUT2D eigenvalue weighted by Gasteiger charge is -2.27. The van der Waals surface area contributed by atoms with Gasteiger partial charge in [0.15, 0.2) is 3.95 Å². The van der Waals surface area contributed by atoms with Crippen molar-refractivity contribution >= 4 is 42.2 Å². The van der Waals surface area contributed by atoms with Gasteiger partial charge >= 0.3 is 5.97 Å². The second-order valence-corrected chi connectivity index (χ2v) is 8.06. The van der Waals surface area contributed by atoms with E-state index < -0.39 is 5.25 Å². The molecule has 0 saturated heterocycles. The first-order valence-electron chi connectivity index (χ1n) is 7.95. The van der Waals surface area contributed by atoms with Crippen LogP contribution in [0.1, 0.15) is 16.4 Å². The second-order valence-electron chi connectivity index (χ2n) is 5.83. The highest BCUT2D eigenvalue weighted by Crippen LogP contribution is 2.46. The summed E-state index contributed by atoms with van der Waals surface area (Å²) in [6, 6.07) is 17.3. The molecule has 0 fully saturated rings. The van der Waals surface area contributed by atoms with Crippen molar-refractivity contribution in [2.75, 3.05) is 7.11 Å². The molecule has 1 aliphatic rings. The Labute approximate surface area is 165 Å². The Morgan fingerprint density at radius 3 is 2.50 bits per heavy atom. The summed E-state index contributed by atoms with van der Waals surface area (Å²) in [7, 11) is 1.62. The molecule has 4 rings (SSSR count). The number of aromatic nitrogens is 1. The maximum absolute atomic E-state index is 12.5. The molecule has 0 unspecified atom stereocenters. The van der Waals surface area contributed by atoms with E-state index in [4.69, 9.17) is 21.7 Å². The van der Waals surface area contributed by atoms with E-state index in [-0.39, 0.29) is 11.9 Å². The molecule has 0 aliphatic carbocycles. The Balaban J connectivity index is 1.88. The summed E-state index contributed by atoms with van der Waals surface area (Å²) in [5, 5.41) is -0.590. The fourth-order valence-electron chi connectivity index (χ4n) is 3.05. The average Bonchev–Trinajstić information content (AvgIpc) is 2.99. The molecule has 0 radical (unpaired) electrons. The molecule has 0 amide bonds. The standard InChI is InChI=1S/C19H15NO3S3/c1-22-13-9-7-11(8-10-13)14-15(24)18(21)23-17-16(14)26-19(25)20(17)12-5-3-2-4-6-12/h2-10,14-15,24H,1H3/t14-,15-/m1/s1. The quantitative estimate of drug-likeness (QED) is 0.395. The number of fused-ring (bicyclic) bond motifs is 1. The Kier molecular flexibility index (Phi) is 4.60. The van der Waals surface area contributed by atoms with E-state index in [1.807, 2.05) is 59.2 Å². The van der Waals surface area contributed by atoms with Crippen LogP contribution in [0.3, 0.4) is 0 Å². The number of thiol groups is 1. The van der Waals surface area contributed by atoms with Gasteiger partial charge in [-0.2, -0.15) is 12.6 Å². The van der Waals surface area contributed by atoms with E-state index >= 15 is 0 Å². The Morgan fingerprint density at radius 2 is 1.85 bits per heavy atom. The van der Waals surface area contributed by atoms with Crippen molar-refractivity contribution in [2.24, 2.45) is 0 Å². The fraction of sp³-hybridized carbons (Fsp3) is 0.158. The summed E-state index contributed by atoms with van der Waals surface area (Å²) in [4.78, 5) is 13.4. The number of benzene rings is 2. The van der Waals surface area contributed by atoms with E-state index in [9.17, 15) is 4.79 Å². The van der Waals surface area contributed by atoms with Gasteiger partial charge in [0.05, 0.1) is 17.7 Å². The molecule has 1 aliphatic heterocycles. The number of thiazole rings is 1. The van der Waals surface area contributed by atoms with Crippen LogP contribution in [0.4, 0.5) is 0 Å². The molecule has 1 aromatic heterocycles. The zero-order valence-corrected chi connectivity index (χ0v) is 16.3. The van der Waals surface area contributed by atoms with Crippen molar-refractivity contribution in [3.8, 4) is 17.3 Å². The number of carbonyl (C=O) groups excluding carboxylic acids is 1. The van der Waals surface area contributed by atoms with E-state index in [1.54, 1.807) is 7.11 Å². The molecule has 2 aromatic carbocycles. The maximum atomic E-state index is 12.5. The third kappa shape index (κ3) is 2.86. The topological polar surface area (TPSA) is 40.5 Å². The Hall–Kier alpha value is -2.09. The van der Waals surface area contributed by atoms with Crippen LogP contribution in [0.25, 0.3) is 5.69 Å². The summed E-state index contributed by atoms with van der Waals surface area (Å²) >= 11 is 11.5. The molecule has 4 nitrogen and oxygen atoms in total. The van der Waals surface area contributed by atoms with Crippen molar-refractivity contribution in [1.82, 2.24) is 4.57 Å². The molecule has 132 valence electrons. The highest BCUT2D eigenvalue weighted by atomic mass is 32.1. The number of rotatable bonds is 3. The summed E-state index contributed by atoms with van der Waals surface area (Å²) in [6.45, 7) is 0. The molecule has 2 atom stereocenters. The van der Waals surface area contributed by atoms with Gasteiger partial charge < -0.3 is 9.47 Å². The van der Waals surface area contributed by atoms with Gasteiger partial charge in [0, 0.05) is 5.92 Å². The molecular weight excluding hydrogens is 386 g/mol. The third-order valence-corrected chi connectivity index (χ3v) is 6.27. The highest BCUT2D eigenvalue weighted by Gasteiger charge is 2.40. The van der Waals surface area contributed by atoms with E-state index in [0.717, 1.165) is 21.9 Å². The molecule has 0 bridgehead atoms. The maximum Gasteiger partial charge on any atom is 0.326 e. The number of para-hydroxylation sites is 1. The molecule has 26 heavy (non-hydrogen) atoms. The van der Waals surface area contributed by atoms with Gasteiger partial charge in [-0.15, -0.1) is 11.3 Å². The predicted octanol–water partition coefficient (Wildman–Crippen LogP) is 4.63. The number of nitrogens with zero attached hydrogens (tertiary/aromatic N) is 1. The van der Waals surface area contributed by atoms with Crippen LogP contribution in [-0.4, -0.2) is 22.9 Å². The Morgan fingerprint density at radius 1 is 1.15 bits per heavy atom. The van der Waals surface area contributed by atoms with E-state index in [0.29, 0.717) is 9.83 Å². The number of hydrogen-bond acceptors (Lipinski definition) is 6. The van der Waals surface area contributed by atoms with Gasteiger partial charge in [0.2, 0.25) is 5.88 Å². The van der Waals surface area contributed by atoms with Crippen LogP contribution in [0.5, 0.6) is 11.6 Å². The fourth-order valence-corrected chi connectivity index (χ4v) is 5.07. The van der Waals surface area contributed by atoms with Crippen LogP contribution in [-0.2, 0) is 4.79 Å². The van der Waals surface area contributed by atoms with Crippen LogP contribution in [0, 0.1) is 3.95 Å². The van der Waals surface area contributed by atoms with Crippen molar-refractivity contribution in [2.45, 2.75) is 11.2 Å². The molecule has 7 heteroatoms. The van der Waals surface area contributed by atoms with Crippen LogP contribution >= 0.6 is 36.2 Å². The first-order valence-corrected chi connectivity index (χ1v) is 9.69. The SMILES string of the molecule is COc1ccc([C@H]2c3sc(=S)n(-c4ccccc4)c3OC(=O)[C@@H]2S)cc1. The molecule has 0 saturated carbocycles. The predicted molar refractivity (Wildman–Crippen MR) is 108 cm³/mol. The Bertz CT molecular complexity index is 1010. The minimum absolute atomic E-state index is 0.225. The zero-order valence-electron chi connectivity index (χ0n) is 13.8. The monoisotopic (exact) mass is 401 g/mol. The first-order chi connectivity index (χ1) is 12.6. The van der Waals surface area contributed by atoms with Crippen molar-refractivity contribution in [3.05, 3.63) is 69.0 Å². The van der Waals surface area contributed by atoms with Crippen molar-refractivity contribution in [1.29, 1.82) is 0 Å². The largest absolute Gasteiger partial charge is 0.497 e. The lowest BCUT2D eigenvalue weighted by molar-refractivity contribution is -0.135. The number of methoxy groups -OCH3 is 1. The van der Waals surface area contributed by atoms with Crippen LogP contribution in [0.15, 0.2) is 54.6 Å². The van der Waals surface area contributed by atoms with Crippen LogP contribution < -0.4 is 9.47 Å². The number of carbonyl (C=O) groups is 1. The van der Waals surface area contributed by atoms with Gasteiger partial charge in [-0.05, 0) is 42.0 Å². The second kappa shape index (κ2) is 6.90.